The zero-order valence-corrected chi connectivity index (χ0v) is 39.5. The van der Waals surface area contributed by atoms with E-state index in [0.29, 0.717) is 45.5 Å². The molecule has 0 saturated carbocycles. The first kappa shape index (κ1) is 47.0. The quantitative estimate of drug-likeness (QED) is 0.0476. The number of nitrogens with one attached hydrogen (secondary N) is 3. The fourth-order valence-electron chi connectivity index (χ4n) is 6.27. The zero-order valence-electron chi connectivity index (χ0n) is 32.6. The maximum absolute atomic E-state index is 14.4. The number of aryl methyl sites for hydroxylation is 1. The molecule has 0 spiro atoms. The van der Waals surface area contributed by atoms with Crippen LogP contribution in [0.2, 0.25) is 35.2 Å². The smallest absolute Gasteiger partial charge is 0.287 e. The number of rotatable bonds is 17. The zero-order chi connectivity index (χ0) is 44.0. The van der Waals surface area contributed by atoms with Crippen LogP contribution in [0.1, 0.15) is 61.4 Å². The highest BCUT2D eigenvalue weighted by Gasteiger charge is 2.27. The molecule has 0 saturated heterocycles. The minimum Gasteiger partial charge on any atom is -0.338 e. The third-order valence-corrected chi connectivity index (χ3v) is 15.3. The van der Waals surface area contributed by atoms with Gasteiger partial charge in [-0.1, -0.05) is 156 Å². The number of nitrogens with zero attached hydrogens (tertiary/aromatic N) is 2. The van der Waals surface area contributed by atoms with Gasteiger partial charge >= 0.3 is 0 Å². The highest BCUT2D eigenvalue weighted by molar-refractivity contribution is 7.99. The maximum atomic E-state index is 14.4. The van der Waals surface area contributed by atoms with Crippen LogP contribution in [-0.4, -0.2) is 30.7 Å². The molecule has 1 heterocycles. The van der Waals surface area contributed by atoms with Gasteiger partial charge in [0.25, 0.3) is 21.5 Å². The van der Waals surface area contributed by atoms with Gasteiger partial charge in [0.15, 0.2) is 0 Å². The summed E-state index contributed by atoms with van der Waals surface area (Å²) in [6, 6.07) is 24.9. The van der Waals surface area contributed by atoms with Gasteiger partial charge in [-0.05, 0) is 86.1 Å². The second-order valence-corrected chi connectivity index (χ2v) is 19.6. The molecule has 6 rings (SSSR count). The Bertz CT molecular complexity index is 2700. The lowest BCUT2D eigenvalue weighted by atomic mass is 10.1. The minimum absolute atomic E-state index is 0.0572. The number of H-pyrrole nitrogens is 1. The first-order valence-corrected chi connectivity index (χ1v) is 23.9. The molecule has 5 aromatic carbocycles. The van der Waals surface area contributed by atoms with Crippen LogP contribution in [0.15, 0.2) is 110 Å². The number of carbonyl (C=O) groups is 1. The molecular weight excluding hydrogens is 963 g/mol. The van der Waals surface area contributed by atoms with Crippen LogP contribution in [-0.2, 0) is 10.0 Å². The summed E-state index contributed by atoms with van der Waals surface area (Å²) >= 11 is 46.2. The topological polar surface area (TPSA) is 116 Å². The number of halogens is 7. The largest absolute Gasteiger partial charge is 0.338 e. The number of amides is 1. The Morgan fingerprint density at radius 3 is 2.07 bits per heavy atom. The molecule has 0 aliphatic heterocycles. The summed E-state index contributed by atoms with van der Waals surface area (Å²) in [6.07, 6.45) is 5.94. The summed E-state index contributed by atoms with van der Waals surface area (Å²) in [4.78, 5) is 28.4. The highest BCUT2D eigenvalue weighted by Crippen LogP contribution is 2.46. The Labute approximate surface area is 393 Å². The predicted molar refractivity (Wildman–Crippen MR) is 255 cm³/mol. The molecule has 0 bridgehead atoms. The minimum atomic E-state index is -3.91. The first-order chi connectivity index (χ1) is 29.1. The van der Waals surface area contributed by atoms with Crippen LogP contribution >= 0.6 is 93.0 Å². The van der Waals surface area contributed by atoms with Crippen LogP contribution in [0.3, 0.4) is 0 Å². The van der Waals surface area contributed by atoms with Crippen molar-refractivity contribution in [1.82, 2.24) is 9.78 Å². The van der Waals surface area contributed by atoms with Crippen LogP contribution in [0.5, 0.6) is 0 Å². The van der Waals surface area contributed by atoms with E-state index in [0.717, 1.165) is 54.1 Å². The average molecular weight is 1000 g/mol. The third kappa shape index (κ3) is 11.0. The second-order valence-electron chi connectivity index (χ2n) is 13.9. The fourth-order valence-corrected chi connectivity index (χ4v) is 10.3. The summed E-state index contributed by atoms with van der Waals surface area (Å²) < 4.78 is 30.7. The number of anilines is 4. The van der Waals surface area contributed by atoms with Crippen molar-refractivity contribution in [3.05, 3.63) is 148 Å². The Hall–Kier alpha value is -3.49. The fraction of sp³-hybridized carbons (Fsp3) is 0.209. The number of sulfonamides is 1. The van der Waals surface area contributed by atoms with Gasteiger partial charge in [-0.2, -0.15) is 0 Å². The Morgan fingerprint density at radius 1 is 0.770 bits per heavy atom. The number of aromatic nitrogens is 2. The third-order valence-electron chi connectivity index (χ3n) is 9.50. The molecule has 0 aliphatic rings. The lowest BCUT2D eigenvalue weighted by molar-refractivity contribution is 0.102. The van der Waals surface area contributed by atoms with E-state index in [9.17, 15) is 18.0 Å². The van der Waals surface area contributed by atoms with Crippen molar-refractivity contribution in [3.63, 3.8) is 0 Å². The molecule has 0 fully saturated rings. The van der Waals surface area contributed by atoms with E-state index in [2.05, 4.69) is 22.7 Å². The Kier molecular flexibility index (Phi) is 16.0. The molecule has 6 aromatic rings. The summed E-state index contributed by atoms with van der Waals surface area (Å²) in [6.45, 7) is 4.34. The number of hydrogen-bond donors (Lipinski definition) is 3. The molecule has 61 heavy (non-hydrogen) atoms. The maximum Gasteiger partial charge on any atom is 0.287 e. The van der Waals surface area contributed by atoms with Crippen molar-refractivity contribution in [2.75, 3.05) is 21.5 Å². The molecule has 0 unspecified atom stereocenters. The van der Waals surface area contributed by atoms with Crippen LogP contribution in [0.4, 0.5) is 22.9 Å². The van der Waals surface area contributed by atoms with Gasteiger partial charge < -0.3 is 10.6 Å². The molecule has 0 radical (unpaired) electrons. The average Bonchev–Trinajstić information content (AvgIpc) is 3.53. The number of carbonyl (C=O) groups excluding carboxylic acids is 1. The molecular formula is C43H38Cl7N5O4S2. The molecule has 320 valence electrons. The van der Waals surface area contributed by atoms with Crippen LogP contribution in [0.25, 0.3) is 5.69 Å². The molecule has 1 amide bonds. The Balaban J connectivity index is 1.37. The lowest BCUT2D eigenvalue weighted by Gasteiger charge is -2.25. The highest BCUT2D eigenvalue weighted by atomic mass is 35.5. The van der Waals surface area contributed by atoms with Crippen LogP contribution < -0.4 is 20.5 Å². The lowest BCUT2D eigenvalue weighted by Crippen LogP contribution is -2.32. The van der Waals surface area contributed by atoms with Crippen LogP contribution in [0, 0.1) is 6.92 Å². The van der Waals surface area contributed by atoms with E-state index in [1.807, 2.05) is 6.92 Å². The summed E-state index contributed by atoms with van der Waals surface area (Å²) in [7, 11) is -3.91. The summed E-state index contributed by atoms with van der Waals surface area (Å²) in [5.74, 6) is -0.256. The predicted octanol–water partition coefficient (Wildman–Crippen LogP) is 14.8. The summed E-state index contributed by atoms with van der Waals surface area (Å²) in [5.41, 5.74) is 1.79. The van der Waals surface area contributed by atoms with E-state index in [1.165, 1.54) is 10.4 Å². The molecule has 0 atom stereocenters. The van der Waals surface area contributed by atoms with Crippen molar-refractivity contribution in [3.8, 4) is 5.69 Å². The van der Waals surface area contributed by atoms with Crippen molar-refractivity contribution in [2.45, 2.75) is 67.1 Å². The molecule has 3 N–H and O–H groups in total. The Morgan fingerprint density at radius 2 is 1.41 bits per heavy atom. The van der Waals surface area contributed by atoms with Gasteiger partial charge in [0, 0.05) is 27.7 Å². The molecule has 0 aliphatic carbocycles. The number of unbranched alkanes of at least 4 members (excludes halogenated alkanes) is 5. The molecule has 18 heteroatoms. The number of benzene rings is 5. The van der Waals surface area contributed by atoms with E-state index in [1.54, 1.807) is 84.9 Å². The van der Waals surface area contributed by atoms with Gasteiger partial charge in [0.1, 0.15) is 16.4 Å². The normalized spacial score (nSPS) is 11.5. The van der Waals surface area contributed by atoms with Crippen molar-refractivity contribution >= 4 is 132 Å². The summed E-state index contributed by atoms with van der Waals surface area (Å²) in [5, 5.41) is 9.08. The van der Waals surface area contributed by atoms with Gasteiger partial charge in [0.05, 0.1) is 46.4 Å². The molecule has 9 nitrogen and oxygen atoms in total. The second kappa shape index (κ2) is 20.8. The van der Waals surface area contributed by atoms with E-state index in [4.69, 9.17) is 81.2 Å². The number of aromatic amines is 1. The van der Waals surface area contributed by atoms with Gasteiger partial charge in [-0.15, -0.1) is 0 Å². The van der Waals surface area contributed by atoms with Gasteiger partial charge in [-0.25, -0.2) is 13.1 Å². The van der Waals surface area contributed by atoms with E-state index < -0.39 is 21.5 Å². The molecule has 1 aromatic heterocycles. The van der Waals surface area contributed by atoms with Crippen molar-refractivity contribution in [1.29, 1.82) is 0 Å². The van der Waals surface area contributed by atoms with Crippen molar-refractivity contribution in [2.24, 2.45) is 0 Å². The van der Waals surface area contributed by atoms with Crippen molar-refractivity contribution < 1.29 is 13.2 Å². The van der Waals surface area contributed by atoms with Gasteiger partial charge in [0.2, 0.25) is 0 Å². The SMILES string of the molecule is CCCCCCCCN(c1ccc(Sc2c(Nc3cc(NC(=O)c4cccc(Cl)c4)ccc3Cl)[nH]n(-c3c(Cl)c(Cl)c(Cl)c(Cl)c3Cl)c2=O)cc1)S(=O)(=O)c1ccc(C)cc1. The van der Waals surface area contributed by atoms with E-state index >= 15 is 0 Å². The number of hydrogen-bond acceptors (Lipinski definition) is 6. The monoisotopic (exact) mass is 997 g/mol. The van der Waals surface area contributed by atoms with Gasteiger partial charge in [-0.3, -0.25) is 19.0 Å². The first-order valence-electron chi connectivity index (χ1n) is 19.0. The standard InChI is InChI=1S/C43H38Cl7N5O4S2/c1-3-4-5-6-7-8-22-54(61(58,59)31-19-12-25(2)13-20-31)29-15-17-30(18-16-29)60-40-41(53-55(43(40)57)39-37(49)35(47)34(46)36(48)38(39)50)52-33-24-28(14-21-32(33)45)51-42(56)26-10-9-11-27(44)23-26/h9-21,23-24,52-53H,3-8,22H2,1-2H3,(H,51,56). The van der Waals surface area contributed by atoms with E-state index in [-0.39, 0.29) is 51.4 Å².